The quantitative estimate of drug-likeness (QED) is 0.321. The number of amides is 2. The molecule has 0 unspecified atom stereocenters. The summed E-state index contributed by atoms with van der Waals surface area (Å²) >= 11 is 0. The summed E-state index contributed by atoms with van der Waals surface area (Å²) in [5.41, 5.74) is 1.41. The van der Waals surface area contributed by atoms with Crippen molar-refractivity contribution in [1.29, 1.82) is 0 Å². The molecule has 10 nitrogen and oxygen atoms in total. The smallest absolute Gasteiger partial charge is 0.271 e. The number of nitro groups is 1. The van der Waals surface area contributed by atoms with Gasteiger partial charge >= 0.3 is 0 Å². The van der Waals surface area contributed by atoms with Crippen molar-refractivity contribution in [3.05, 3.63) is 100 Å². The molecule has 1 aliphatic heterocycles. The van der Waals surface area contributed by atoms with E-state index in [0.29, 0.717) is 19.5 Å². The fraction of sp³-hybridized carbons (Fsp3) is 0.231. The van der Waals surface area contributed by atoms with E-state index in [2.05, 4.69) is 5.32 Å². The number of non-ortho nitro benzene ring substituents is 1. The molecule has 1 aliphatic rings. The van der Waals surface area contributed by atoms with E-state index in [4.69, 9.17) is 0 Å². The van der Waals surface area contributed by atoms with E-state index in [9.17, 15) is 28.1 Å². The van der Waals surface area contributed by atoms with E-state index in [0.717, 1.165) is 27.9 Å². The van der Waals surface area contributed by atoms with Crippen LogP contribution in [0.3, 0.4) is 0 Å². The maximum absolute atomic E-state index is 13.4. The van der Waals surface area contributed by atoms with Gasteiger partial charge in [-0.05, 0) is 35.7 Å². The van der Waals surface area contributed by atoms with Gasteiger partial charge < -0.3 is 10.2 Å². The normalized spacial score (nSPS) is 13.4. The van der Waals surface area contributed by atoms with E-state index in [1.54, 1.807) is 23.1 Å². The number of carbonyl (C=O) groups excluding carboxylic acids is 2. The summed E-state index contributed by atoms with van der Waals surface area (Å²) in [5.74, 6) is -0.490. The maximum Gasteiger partial charge on any atom is 0.271 e. The lowest BCUT2D eigenvalue weighted by atomic mass is 10.1. The Morgan fingerprint density at radius 2 is 1.70 bits per heavy atom. The van der Waals surface area contributed by atoms with Gasteiger partial charge in [0, 0.05) is 38.2 Å². The molecule has 3 aromatic carbocycles. The number of anilines is 1. The van der Waals surface area contributed by atoms with E-state index >= 15 is 0 Å². The van der Waals surface area contributed by atoms with Crippen molar-refractivity contribution in [1.82, 2.24) is 10.2 Å². The molecule has 1 heterocycles. The van der Waals surface area contributed by atoms with Crippen molar-refractivity contribution in [3.8, 4) is 0 Å². The lowest BCUT2D eigenvalue weighted by Crippen LogP contribution is -2.40. The average Bonchev–Trinajstić information content (AvgIpc) is 3.31. The third kappa shape index (κ3) is 6.12. The fourth-order valence-electron chi connectivity index (χ4n) is 4.14. The lowest BCUT2D eigenvalue weighted by Gasteiger charge is -2.24. The summed E-state index contributed by atoms with van der Waals surface area (Å²) < 4.78 is 27.7. The van der Waals surface area contributed by atoms with Gasteiger partial charge in [-0.25, -0.2) is 8.42 Å². The van der Waals surface area contributed by atoms with Crippen LogP contribution >= 0.6 is 0 Å². The average molecular weight is 523 g/mol. The first-order chi connectivity index (χ1) is 17.8. The minimum atomic E-state index is -4.20. The highest BCUT2D eigenvalue weighted by Gasteiger charge is 2.28. The van der Waals surface area contributed by atoms with Crippen molar-refractivity contribution in [2.45, 2.75) is 30.8 Å². The third-order valence-corrected chi connectivity index (χ3v) is 7.86. The minimum Gasteiger partial charge on any atom is -0.350 e. The Kier molecular flexibility index (Phi) is 7.83. The van der Waals surface area contributed by atoms with E-state index in [1.807, 2.05) is 24.3 Å². The summed E-state index contributed by atoms with van der Waals surface area (Å²) in [7, 11) is -4.20. The van der Waals surface area contributed by atoms with Crippen LogP contribution < -0.4 is 9.62 Å². The van der Waals surface area contributed by atoms with Crippen LogP contribution in [-0.2, 0) is 32.7 Å². The molecule has 3 aromatic rings. The van der Waals surface area contributed by atoms with Crippen LogP contribution in [0.1, 0.15) is 24.0 Å². The topological polar surface area (TPSA) is 130 Å². The zero-order valence-electron chi connectivity index (χ0n) is 19.9. The number of hydrogen-bond donors (Lipinski definition) is 1. The monoisotopic (exact) mass is 522 g/mol. The van der Waals surface area contributed by atoms with Crippen molar-refractivity contribution in [2.24, 2.45) is 0 Å². The number of benzene rings is 3. The number of nitro benzene ring substituents is 1. The van der Waals surface area contributed by atoms with Crippen LogP contribution in [0.25, 0.3) is 0 Å². The van der Waals surface area contributed by atoms with Gasteiger partial charge in [0.2, 0.25) is 11.8 Å². The second-order valence-electron chi connectivity index (χ2n) is 8.57. The van der Waals surface area contributed by atoms with Gasteiger partial charge in [-0.1, -0.05) is 48.5 Å². The van der Waals surface area contributed by atoms with E-state index in [-0.39, 0.29) is 28.7 Å². The number of likely N-dealkylation sites (tertiary alicyclic amines) is 1. The summed E-state index contributed by atoms with van der Waals surface area (Å²) in [5, 5.41) is 14.0. The van der Waals surface area contributed by atoms with Crippen LogP contribution in [0.4, 0.5) is 11.4 Å². The first-order valence-electron chi connectivity index (χ1n) is 11.7. The zero-order valence-corrected chi connectivity index (χ0v) is 20.8. The number of nitrogens with zero attached hydrogens (tertiary/aromatic N) is 3. The van der Waals surface area contributed by atoms with Crippen LogP contribution in [0.2, 0.25) is 0 Å². The van der Waals surface area contributed by atoms with Crippen molar-refractivity contribution in [3.63, 3.8) is 0 Å². The molecule has 11 heteroatoms. The van der Waals surface area contributed by atoms with Gasteiger partial charge in [0.1, 0.15) is 6.54 Å². The molecular formula is C26H26N4O6S. The molecule has 0 saturated carbocycles. The second-order valence-corrected chi connectivity index (χ2v) is 10.4. The predicted molar refractivity (Wildman–Crippen MR) is 137 cm³/mol. The Labute approximate surface area is 214 Å². The molecule has 1 fully saturated rings. The molecule has 37 heavy (non-hydrogen) atoms. The number of sulfonamides is 1. The standard InChI is InChI=1S/C26H26N4O6S/c31-25(27-17-20-8-4-5-9-21(20)18-28-15-7-14-26(28)32)19-29(22-10-6-11-23(16-22)30(33)34)37(35,36)24-12-2-1-3-13-24/h1-6,8-13,16H,7,14-15,17-19H2,(H,27,31). The highest BCUT2D eigenvalue weighted by molar-refractivity contribution is 7.92. The number of nitrogens with one attached hydrogen (secondary N) is 1. The number of hydrogen-bond acceptors (Lipinski definition) is 6. The second kappa shape index (κ2) is 11.2. The van der Waals surface area contributed by atoms with Crippen LogP contribution in [-0.4, -0.2) is 43.1 Å². The summed E-state index contributed by atoms with van der Waals surface area (Å²) in [6, 6.07) is 20.1. The molecule has 1 N–H and O–H groups in total. The third-order valence-electron chi connectivity index (χ3n) is 6.07. The number of rotatable bonds is 10. The Balaban J connectivity index is 1.55. The van der Waals surface area contributed by atoms with E-state index in [1.165, 1.54) is 30.3 Å². The Morgan fingerprint density at radius 1 is 1.00 bits per heavy atom. The van der Waals surface area contributed by atoms with Gasteiger partial charge in [-0.15, -0.1) is 0 Å². The molecule has 0 radical (unpaired) electrons. The highest BCUT2D eigenvalue weighted by atomic mass is 32.2. The first kappa shape index (κ1) is 25.8. The Morgan fingerprint density at radius 3 is 2.38 bits per heavy atom. The lowest BCUT2D eigenvalue weighted by molar-refractivity contribution is -0.384. The summed E-state index contributed by atoms with van der Waals surface area (Å²) in [4.78, 5) is 37.4. The fourth-order valence-corrected chi connectivity index (χ4v) is 5.57. The zero-order chi connectivity index (χ0) is 26.4. The van der Waals surface area contributed by atoms with Gasteiger partial charge in [0.25, 0.3) is 15.7 Å². The van der Waals surface area contributed by atoms with Gasteiger partial charge in [0.15, 0.2) is 0 Å². The Hall–Kier alpha value is -4.25. The summed E-state index contributed by atoms with van der Waals surface area (Å²) in [6.07, 6.45) is 1.35. The summed E-state index contributed by atoms with van der Waals surface area (Å²) in [6.45, 7) is 0.679. The number of carbonyl (C=O) groups is 2. The molecular weight excluding hydrogens is 496 g/mol. The van der Waals surface area contributed by atoms with Crippen molar-refractivity contribution in [2.75, 3.05) is 17.4 Å². The van der Waals surface area contributed by atoms with E-state index < -0.39 is 27.4 Å². The van der Waals surface area contributed by atoms with Crippen molar-refractivity contribution >= 4 is 33.2 Å². The molecule has 0 atom stereocenters. The predicted octanol–water partition coefficient (Wildman–Crippen LogP) is 3.23. The molecule has 0 bridgehead atoms. The largest absolute Gasteiger partial charge is 0.350 e. The molecule has 0 spiro atoms. The van der Waals surface area contributed by atoms with Gasteiger partial charge in [-0.3, -0.25) is 24.0 Å². The minimum absolute atomic E-state index is 0.00106. The van der Waals surface area contributed by atoms with Crippen molar-refractivity contribution < 1.29 is 22.9 Å². The van der Waals surface area contributed by atoms with Crippen LogP contribution in [0.15, 0.2) is 83.8 Å². The molecule has 1 saturated heterocycles. The molecule has 2 amide bonds. The molecule has 0 aromatic heterocycles. The molecule has 0 aliphatic carbocycles. The van der Waals surface area contributed by atoms with Gasteiger partial charge in [-0.2, -0.15) is 0 Å². The molecule has 4 rings (SSSR count). The maximum atomic E-state index is 13.4. The molecule has 192 valence electrons. The van der Waals surface area contributed by atoms with Gasteiger partial charge in [0.05, 0.1) is 15.5 Å². The van der Waals surface area contributed by atoms with Crippen LogP contribution in [0, 0.1) is 10.1 Å². The van der Waals surface area contributed by atoms with Crippen LogP contribution in [0.5, 0.6) is 0 Å². The highest BCUT2D eigenvalue weighted by Crippen LogP contribution is 2.27. The first-order valence-corrected chi connectivity index (χ1v) is 13.1. The Bertz CT molecular complexity index is 1410. The SMILES string of the molecule is O=C(CN(c1cccc([N+](=O)[O-])c1)S(=O)(=O)c1ccccc1)NCc1ccccc1CN1CCCC1=O.